The smallest absolute Gasteiger partial charge is 0.257 e. The van der Waals surface area contributed by atoms with Gasteiger partial charge in [0, 0.05) is 12.2 Å². The first kappa shape index (κ1) is 13.0. The Hall–Kier alpha value is -1.98. The van der Waals surface area contributed by atoms with Gasteiger partial charge in [-0.15, -0.1) is 0 Å². The van der Waals surface area contributed by atoms with E-state index in [4.69, 9.17) is 0 Å². The predicted molar refractivity (Wildman–Crippen MR) is 69.4 cm³/mol. The van der Waals surface area contributed by atoms with E-state index in [-0.39, 0.29) is 30.1 Å². The molecule has 1 aromatic heterocycles. The van der Waals surface area contributed by atoms with E-state index in [1.165, 1.54) is 17.2 Å². The number of nitrogens with one attached hydrogen (secondary N) is 1. The first-order valence-electron chi connectivity index (χ1n) is 6.86. The van der Waals surface area contributed by atoms with Gasteiger partial charge in [0.05, 0.1) is 17.8 Å². The lowest BCUT2D eigenvalue weighted by atomic mass is 9.87. The van der Waals surface area contributed by atoms with Crippen molar-refractivity contribution >= 4 is 11.8 Å². The van der Waals surface area contributed by atoms with Crippen molar-refractivity contribution in [2.24, 2.45) is 0 Å². The molecule has 5 nitrogen and oxygen atoms in total. The molecule has 2 heterocycles. The second-order valence-electron chi connectivity index (χ2n) is 5.31. The maximum Gasteiger partial charge on any atom is 0.257 e. The van der Waals surface area contributed by atoms with Gasteiger partial charge in [-0.05, 0) is 18.9 Å². The fourth-order valence-corrected chi connectivity index (χ4v) is 3.10. The molecule has 0 aromatic carbocycles. The highest BCUT2D eigenvalue weighted by Crippen LogP contribution is 2.27. The van der Waals surface area contributed by atoms with E-state index < -0.39 is 11.7 Å². The molecule has 2 fully saturated rings. The Morgan fingerprint density at radius 2 is 2.20 bits per heavy atom. The Morgan fingerprint density at radius 3 is 3.00 bits per heavy atom. The Labute approximate surface area is 116 Å². The molecule has 0 spiro atoms. The number of hydrogen-bond acceptors (Lipinski definition) is 3. The van der Waals surface area contributed by atoms with Gasteiger partial charge in [-0.25, -0.2) is 4.39 Å². The number of amides is 2. The predicted octanol–water partition coefficient (Wildman–Crippen LogP) is 1.10. The quantitative estimate of drug-likeness (QED) is 0.836. The summed E-state index contributed by atoms with van der Waals surface area (Å²) in [6, 6.07) is 1.34. The van der Waals surface area contributed by atoms with E-state index in [2.05, 4.69) is 10.3 Å². The van der Waals surface area contributed by atoms with Gasteiger partial charge in [-0.1, -0.05) is 12.8 Å². The summed E-state index contributed by atoms with van der Waals surface area (Å²) < 4.78 is 13.7. The lowest BCUT2D eigenvalue weighted by Crippen LogP contribution is -2.63. The summed E-state index contributed by atoms with van der Waals surface area (Å²) in [6.45, 7) is 0.00175. The molecule has 1 N–H and O–H groups in total. The van der Waals surface area contributed by atoms with Crippen molar-refractivity contribution in [1.82, 2.24) is 15.2 Å². The number of carbonyl (C=O) groups excluding carboxylic acids is 2. The van der Waals surface area contributed by atoms with Crippen molar-refractivity contribution in [3.8, 4) is 0 Å². The van der Waals surface area contributed by atoms with E-state index in [9.17, 15) is 14.0 Å². The molecule has 2 amide bonds. The summed E-state index contributed by atoms with van der Waals surface area (Å²) >= 11 is 0. The van der Waals surface area contributed by atoms with Crippen LogP contribution in [0, 0.1) is 5.82 Å². The van der Waals surface area contributed by atoms with Gasteiger partial charge in [0.1, 0.15) is 6.54 Å². The Kier molecular flexibility index (Phi) is 3.38. The SMILES string of the molecule is O=C1CN(C(=O)c2ccncc2F)[C@H]2CCCC[C@H]2N1. The average Bonchev–Trinajstić information content (AvgIpc) is 2.46. The highest BCUT2D eigenvalue weighted by atomic mass is 19.1. The molecule has 0 bridgehead atoms. The zero-order chi connectivity index (χ0) is 14.1. The molecule has 6 heteroatoms. The van der Waals surface area contributed by atoms with Crippen molar-refractivity contribution in [2.45, 2.75) is 37.8 Å². The van der Waals surface area contributed by atoms with Crippen LogP contribution in [0.1, 0.15) is 36.0 Å². The van der Waals surface area contributed by atoms with Gasteiger partial charge in [0.25, 0.3) is 5.91 Å². The number of rotatable bonds is 1. The fraction of sp³-hybridized carbons (Fsp3) is 0.500. The van der Waals surface area contributed by atoms with Crippen LogP contribution >= 0.6 is 0 Å². The molecule has 1 aliphatic carbocycles. The van der Waals surface area contributed by atoms with E-state index in [0.717, 1.165) is 31.9 Å². The second kappa shape index (κ2) is 5.19. The molecule has 1 aliphatic heterocycles. The van der Waals surface area contributed by atoms with Crippen molar-refractivity contribution in [3.05, 3.63) is 29.8 Å². The Bertz CT molecular complexity index is 549. The average molecular weight is 277 g/mol. The first-order chi connectivity index (χ1) is 9.66. The van der Waals surface area contributed by atoms with Crippen LogP contribution in [0.5, 0.6) is 0 Å². The third-order valence-corrected chi connectivity index (χ3v) is 4.05. The van der Waals surface area contributed by atoms with Crippen LogP contribution in [0.4, 0.5) is 4.39 Å². The summed E-state index contributed by atoms with van der Waals surface area (Å²) in [5.41, 5.74) is -0.0148. The minimum atomic E-state index is -0.643. The molecule has 20 heavy (non-hydrogen) atoms. The van der Waals surface area contributed by atoms with Crippen LogP contribution in [0.2, 0.25) is 0 Å². The Morgan fingerprint density at radius 1 is 1.40 bits per heavy atom. The van der Waals surface area contributed by atoms with Crippen LogP contribution in [0.3, 0.4) is 0 Å². The highest BCUT2D eigenvalue weighted by molar-refractivity contribution is 5.97. The minimum Gasteiger partial charge on any atom is -0.350 e. The number of halogens is 1. The number of pyridine rings is 1. The van der Waals surface area contributed by atoms with E-state index in [1.54, 1.807) is 0 Å². The van der Waals surface area contributed by atoms with Gasteiger partial charge in [-0.2, -0.15) is 0 Å². The van der Waals surface area contributed by atoms with Gasteiger partial charge >= 0.3 is 0 Å². The number of carbonyl (C=O) groups is 2. The zero-order valence-electron chi connectivity index (χ0n) is 11.0. The second-order valence-corrected chi connectivity index (χ2v) is 5.31. The fourth-order valence-electron chi connectivity index (χ4n) is 3.10. The van der Waals surface area contributed by atoms with Crippen molar-refractivity contribution < 1.29 is 14.0 Å². The molecular weight excluding hydrogens is 261 g/mol. The third kappa shape index (κ3) is 2.26. The summed E-state index contributed by atoms with van der Waals surface area (Å²) in [4.78, 5) is 29.4. The normalized spacial score (nSPS) is 25.9. The standard InChI is InChI=1S/C14H16FN3O2/c15-10-7-16-6-5-9(10)14(20)18-8-13(19)17-11-3-1-2-4-12(11)18/h5-7,11-12H,1-4,8H2,(H,17,19)/t11-,12+/m1/s1. The lowest BCUT2D eigenvalue weighted by Gasteiger charge is -2.43. The summed E-state index contributed by atoms with van der Waals surface area (Å²) in [6.07, 6.45) is 6.21. The Balaban J connectivity index is 1.89. The number of fused-ring (bicyclic) bond motifs is 1. The number of piperazine rings is 1. The van der Waals surface area contributed by atoms with E-state index in [1.807, 2.05) is 0 Å². The maximum atomic E-state index is 13.7. The molecular formula is C14H16FN3O2. The zero-order valence-corrected chi connectivity index (χ0v) is 11.0. The van der Waals surface area contributed by atoms with Crippen LogP contribution in [0.25, 0.3) is 0 Å². The molecule has 3 rings (SSSR count). The summed E-state index contributed by atoms with van der Waals surface area (Å²) in [5, 5.41) is 2.93. The van der Waals surface area contributed by atoms with Crippen LogP contribution in [-0.2, 0) is 4.79 Å². The van der Waals surface area contributed by atoms with Crippen molar-refractivity contribution in [3.63, 3.8) is 0 Å². The highest BCUT2D eigenvalue weighted by Gasteiger charge is 2.39. The third-order valence-electron chi connectivity index (χ3n) is 4.05. The molecule has 2 aliphatic rings. The molecule has 2 atom stereocenters. The summed E-state index contributed by atoms with van der Waals surface area (Å²) in [7, 11) is 0. The molecule has 106 valence electrons. The van der Waals surface area contributed by atoms with Gasteiger partial charge in [0.2, 0.25) is 5.91 Å². The van der Waals surface area contributed by atoms with Crippen LogP contribution < -0.4 is 5.32 Å². The number of nitrogens with zero attached hydrogens (tertiary/aromatic N) is 2. The molecule has 1 saturated carbocycles. The number of hydrogen-bond donors (Lipinski definition) is 1. The molecule has 0 unspecified atom stereocenters. The molecule has 1 saturated heterocycles. The minimum absolute atomic E-state index is 0.00107. The largest absolute Gasteiger partial charge is 0.350 e. The topological polar surface area (TPSA) is 62.3 Å². The van der Waals surface area contributed by atoms with E-state index >= 15 is 0 Å². The lowest BCUT2D eigenvalue weighted by molar-refractivity contribution is -0.127. The van der Waals surface area contributed by atoms with Crippen molar-refractivity contribution in [1.29, 1.82) is 0 Å². The number of aromatic nitrogens is 1. The van der Waals surface area contributed by atoms with Gasteiger partial charge in [0.15, 0.2) is 5.82 Å². The van der Waals surface area contributed by atoms with Crippen LogP contribution in [0.15, 0.2) is 18.5 Å². The molecule has 1 aromatic rings. The molecule has 0 radical (unpaired) electrons. The van der Waals surface area contributed by atoms with Crippen LogP contribution in [-0.4, -0.2) is 40.3 Å². The maximum absolute atomic E-state index is 13.7. The van der Waals surface area contributed by atoms with E-state index in [0.29, 0.717) is 0 Å². The summed E-state index contributed by atoms with van der Waals surface area (Å²) in [5.74, 6) is -1.23. The van der Waals surface area contributed by atoms with Gasteiger partial charge in [-0.3, -0.25) is 14.6 Å². The van der Waals surface area contributed by atoms with Crippen molar-refractivity contribution in [2.75, 3.05) is 6.54 Å². The monoisotopic (exact) mass is 277 g/mol. The van der Waals surface area contributed by atoms with Gasteiger partial charge < -0.3 is 10.2 Å². The first-order valence-corrected chi connectivity index (χ1v) is 6.86.